The molecule has 0 aliphatic rings. The minimum absolute atomic E-state index is 1.06. The zero-order chi connectivity index (χ0) is 15.9. The van der Waals surface area contributed by atoms with E-state index in [4.69, 9.17) is 0 Å². The van der Waals surface area contributed by atoms with Crippen LogP contribution in [0.4, 0.5) is 0 Å². The molecule has 2 aromatic heterocycles. The molecule has 3 rings (SSSR count). The molecule has 1 aromatic carbocycles. The minimum Gasteiger partial charge on any atom is -0.264 e. The van der Waals surface area contributed by atoms with Crippen molar-refractivity contribution in [2.45, 2.75) is 28.4 Å². The van der Waals surface area contributed by atoms with E-state index in [2.05, 4.69) is 54.0 Å². The first-order valence-electron chi connectivity index (χ1n) is 7.72. The number of unbranched alkanes of at least 4 members (excludes halogenated alkanes) is 1. The molecule has 0 aliphatic heterocycles. The van der Waals surface area contributed by atoms with Gasteiger partial charge in [0.15, 0.2) is 0 Å². The summed E-state index contributed by atoms with van der Waals surface area (Å²) < 4.78 is 1.06. The van der Waals surface area contributed by atoms with Gasteiger partial charge >= 0.3 is 0 Å². The Kier molecular flexibility index (Phi) is 6.20. The quantitative estimate of drug-likeness (QED) is 0.306. The summed E-state index contributed by atoms with van der Waals surface area (Å²) in [5, 5.41) is 0. The van der Waals surface area contributed by atoms with Gasteiger partial charge in [0, 0.05) is 22.2 Å². The minimum atomic E-state index is 1.06. The van der Waals surface area contributed by atoms with E-state index in [0.29, 0.717) is 0 Å². The molecule has 0 atom stereocenters. The highest BCUT2D eigenvalue weighted by molar-refractivity contribution is 7.99. The molecule has 0 N–H and O–H groups in total. The van der Waals surface area contributed by atoms with Crippen molar-refractivity contribution in [3.05, 3.63) is 66.5 Å². The maximum Gasteiger partial charge on any atom is 0.0574 e. The van der Waals surface area contributed by atoms with Crippen LogP contribution >= 0.6 is 35.7 Å². The molecule has 118 valence electrons. The van der Waals surface area contributed by atoms with Crippen LogP contribution in [0.2, 0.25) is 0 Å². The van der Waals surface area contributed by atoms with E-state index < -0.39 is 0 Å². The summed E-state index contributed by atoms with van der Waals surface area (Å²) in [6.07, 6.45) is 7.37. The summed E-state index contributed by atoms with van der Waals surface area (Å²) >= 11 is 8.04. The molecule has 0 fully saturated rings. The summed E-state index contributed by atoms with van der Waals surface area (Å²) in [7, 11) is 0. The average molecular weight is 358 g/mol. The van der Waals surface area contributed by atoms with Crippen molar-refractivity contribution in [1.29, 1.82) is 0 Å². The molecule has 0 amide bonds. The summed E-state index contributed by atoms with van der Waals surface area (Å²) in [6, 6.07) is 17.2. The Morgan fingerprint density at radius 2 is 1.87 bits per heavy atom. The molecule has 23 heavy (non-hydrogen) atoms. The Labute approximate surface area is 151 Å². The largest absolute Gasteiger partial charge is 0.264 e. The van der Waals surface area contributed by atoms with Crippen LogP contribution in [-0.4, -0.2) is 10.7 Å². The third-order valence-corrected chi connectivity index (χ3v) is 6.04. The first-order valence-corrected chi connectivity index (χ1v) is 9.97. The van der Waals surface area contributed by atoms with Crippen LogP contribution < -0.4 is 0 Å². The lowest BCUT2D eigenvalue weighted by Crippen LogP contribution is -1.88. The number of hydrogen-bond donors (Lipinski definition) is 1. The van der Waals surface area contributed by atoms with Gasteiger partial charge in [-0.25, -0.2) is 0 Å². The predicted molar refractivity (Wildman–Crippen MR) is 105 cm³/mol. The van der Waals surface area contributed by atoms with Gasteiger partial charge in [0.25, 0.3) is 0 Å². The van der Waals surface area contributed by atoms with E-state index in [0.717, 1.165) is 10.6 Å². The van der Waals surface area contributed by atoms with E-state index in [1.54, 1.807) is 11.3 Å². The Bertz CT molecular complexity index is 720. The number of aryl methyl sites for hydroxylation is 1. The Balaban J connectivity index is 1.42. The van der Waals surface area contributed by atoms with Crippen LogP contribution in [0.15, 0.2) is 70.0 Å². The number of benzene rings is 1. The van der Waals surface area contributed by atoms with Crippen LogP contribution in [0, 0.1) is 0 Å². The number of thioether (sulfide) groups is 1. The van der Waals surface area contributed by atoms with Crippen molar-refractivity contribution in [2.75, 3.05) is 5.75 Å². The van der Waals surface area contributed by atoms with E-state index in [9.17, 15) is 0 Å². The van der Waals surface area contributed by atoms with Gasteiger partial charge in [0.2, 0.25) is 0 Å². The number of aromatic nitrogens is 1. The molecule has 4 heteroatoms. The van der Waals surface area contributed by atoms with Crippen LogP contribution in [0.5, 0.6) is 0 Å². The van der Waals surface area contributed by atoms with Gasteiger partial charge in [-0.15, -0.1) is 35.7 Å². The van der Waals surface area contributed by atoms with Gasteiger partial charge in [-0.1, -0.05) is 18.2 Å². The Morgan fingerprint density at radius 1 is 1.00 bits per heavy atom. The normalized spacial score (nSPS) is 10.8. The standard InChI is InChI=1S/C19H19NS3/c21-19-11-10-18(23-19)16-6-8-17(9-7-16)22-13-2-1-4-15-5-3-12-20-14-15/h3,5-12,14,21H,1-2,4,13H2. The van der Waals surface area contributed by atoms with Crippen LogP contribution in [0.25, 0.3) is 10.4 Å². The zero-order valence-electron chi connectivity index (χ0n) is 12.8. The molecule has 0 saturated carbocycles. The molecular formula is C19H19NS3. The van der Waals surface area contributed by atoms with Crippen molar-refractivity contribution in [3.63, 3.8) is 0 Å². The summed E-state index contributed by atoms with van der Waals surface area (Å²) in [5.74, 6) is 1.17. The number of hydrogen-bond acceptors (Lipinski definition) is 4. The first kappa shape index (κ1) is 16.6. The van der Waals surface area contributed by atoms with Gasteiger partial charge in [0.1, 0.15) is 0 Å². The van der Waals surface area contributed by atoms with Crippen molar-refractivity contribution in [3.8, 4) is 10.4 Å². The maximum absolute atomic E-state index is 4.38. The maximum atomic E-state index is 4.38. The highest BCUT2D eigenvalue weighted by atomic mass is 32.2. The smallest absolute Gasteiger partial charge is 0.0574 e. The first-order chi connectivity index (χ1) is 11.3. The fourth-order valence-corrected chi connectivity index (χ4v) is 4.40. The summed E-state index contributed by atoms with van der Waals surface area (Å²) in [5.41, 5.74) is 2.61. The molecule has 1 nitrogen and oxygen atoms in total. The van der Waals surface area contributed by atoms with Crippen molar-refractivity contribution in [2.24, 2.45) is 0 Å². The number of nitrogens with zero attached hydrogens (tertiary/aromatic N) is 1. The van der Waals surface area contributed by atoms with Gasteiger partial charge in [-0.05, 0) is 66.5 Å². The number of thiol groups is 1. The second-order valence-corrected chi connectivity index (χ2v) is 8.37. The molecule has 0 unspecified atom stereocenters. The Morgan fingerprint density at radius 3 is 2.57 bits per heavy atom. The second kappa shape index (κ2) is 8.57. The van der Waals surface area contributed by atoms with Crippen molar-refractivity contribution in [1.82, 2.24) is 4.98 Å². The molecule has 0 saturated heterocycles. The lowest BCUT2D eigenvalue weighted by Gasteiger charge is -2.04. The number of thiophene rings is 1. The van der Waals surface area contributed by atoms with E-state index in [1.807, 2.05) is 36.3 Å². The Hall–Kier alpha value is -1.23. The zero-order valence-corrected chi connectivity index (χ0v) is 15.3. The number of pyridine rings is 1. The fraction of sp³-hybridized carbons (Fsp3) is 0.211. The molecular weight excluding hydrogens is 338 g/mol. The highest BCUT2D eigenvalue weighted by Gasteiger charge is 2.02. The molecule has 2 heterocycles. The lowest BCUT2D eigenvalue weighted by atomic mass is 10.1. The topological polar surface area (TPSA) is 12.9 Å². The van der Waals surface area contributed by atoms with E-state index >= 15 is 0 Å². The van der Waals surface area contributed by atoms with Crippen molar-refractivity contribution < 1.29 is 0 Å². The molecule has 0 bridgehead atoms. The van der Waals surface area contributed by atoms with Crippen molar-refractivity contribution >= 4 is 35.7 Å². The average Bonchev–Trinajstić information content (AvgIpc) is 3.03. The van der Waals surface area contributed by atoms with E-state index in [1.165, 1.54) is 39.5 Å². The summed E-state index contributed by atoms with van der Waals surface area (Å²) in [6.45, 7) is 0. The highest BCUT2D eigenvalue weighted by Crippen LogP contribution is 2.31. The fourth-order valence-electron chi connectivity index (χ4n) is 2.37. The third-order valence-electron chi connectivity index (χ3n) is 3.58. The second-order valence-electron chi connectivity index (χ2n) is 5.33. The summed E-state index contributed by atoms with van der Waals surface area (Å²) in [4.78, 5) is 6.78. The van der Waals surface area contributed by atoms with Gasteiger partial charge in [-0.3, -0.25) is 4.98 Å². The lowest BCUT2D eigenvalue weighted by molar-refractivity contribution is 0.799. The van der Waals surface area contributed by atoms with Gasteiger partial charge in [0.05, 0.1) is 4.21 Å². The third kappa shape index (κ3) is 5.13. The predicted octanol–water partition coefficient (Wildman–Crippen LogP) is 6.21. The van der Waals surface area contributed by atoms with Crippen LogP contribution in [-0.2, 0) is 6.42 Å². The van der Waals surface area contributed by atoms with Crippen LogP contribution in [0.1, 0.15) is 18.4 Å². The van der Waals surface area contributed by atoms with Gasteiger partial charge < -0.3 is 0 Å². The van der Waals surface area contributed by atoms with E-state index in [-0.39, 0.29) is 0 Å². The number of rotatable bonds is 7. The molecule has 3 aromatic rings. The molecule has 0 spiro atoms. The van der Waals surface area contributed by atoms with Crippen LogP contribution in [0.3, 0.4) is 0 Å². The SMILES string of the molecule is Sc1ccc(-c2ccc(SCCCCc3cccnc3)cc2)s1. The molecule has 0 aliphatic carbocycles. The monoisotopic (exact) mass is 357 g/mol. The molecule has 0 radical (unpaired) electrons. The van der Waals surface area contributed by atoms with Gasteiger partial charge in [-0.2, -0.15) is 0 Å².